The Morgan fingerprint density at radius 1 is 1.75 bits per heavy atom. The summed E-state index contributed by atoms with van der Waals surface area (Å²) >= 11 is 0. The van der Waals surface area contributed by atoms with E-state index in [9.17, 15) is 9.18 Å². The van der Waals surface area contributed by atoms with Gasteiger partial charge in [0.25, 0.3) is 5.91 Å². The molecule has 1 atom stereocenters. The minimum Gasteiger partial charge on any atom is -0.378 e. The zero-order chi connectivity index (χ0) is 9.14. The van der Waals surface area contributed by atoms with Crippen LogP contribution in [0.1, 0.15) is 11.7 Å². The highest BCUT2D eigenvalue weighted by molar-refractivity contribution is 5.79. The molecule has 0 radical (unpaired) electrons. The number of aromatic nitrogens is 1. The number of aliphatic hydroxyl groups is 1. The quantitative estimate of drug-likeness (QED) is 0.600. The Labute approximate surface area is 67.8 Å². The van der Waals surface area contributed by atoms with Crippen molar-refractivity contribution in [3.63, 3.8) is 0 Å². The van der Waals surface area contributed by atoms with Gasteiger partial charge in [-0.15, -0.1) is 0 Å². The molecule has 0 aliphatic heterocycles. The van der Waals surface area contributed by atoms with Gasteiger partial charge in [-0.3, -0.25) is 4.79 Å². The molecule has 0 saturated heterocycles. The van der Waals surface area contributed by atoms with Crippen molar-refractivity contribution in [3.05, 3.63) is 29.8 Å². The maximum absolute atomic E-state index is 12.4. The van der Waals surface area contributed by atoms with Crippen LogP contribution in [0.2, 0.25) is 0 Å². The predicted molar refractivity (Wildman–Crippen MR) is 38.3 cm³/mol. The standard InChI is InChI=1S/C7H7FN2O2/c8-5-3-4(1-2-10-5)6(11)7(9)12/h1-3,6,11H,(H2,9,12). The SMILES string of the molecule is NC(=O)C(O)c1ccnc(F)c1. The summed E-state index contributed by atoms with van der Waals surface area (Å²) in [5, 5.41) is 9.05. The van der Waals surface area contributed by atoms with Crippen LogP contribution in [0.3, 0.4) is 0 Å². The molecule has 0 saturated carbocycles. The van der Waals surface area contributed by atoms with E-state index in [1.54, 1.807) is 0 Å². The fourth-order valence-corrected chi connectivity index (χ4v) is 0.752. The average Bonchev–Trinajstić information content (AvgIpc) is 2.03. The molecule has 0 aliphatic rings. The molecule has 0 bridgehead atoms. The first-order valence-electron chi connectivity index (χ1n) is 3.20. The molecule has 64 valence electrons. The van der Waals surface area contributed by atoms with Crippen molar-refractivity contribution in [2.24, 2.45) is 5.73 Å². The molecule has 0 aromatic carbocycles. The highest BCUT2D eigenvalue weighted by Crippen LogP contribution is 2.11. The molecular weight excluding hydrogens is 163 g/mol. The Morgan fingerprint density at radius 2 is 2.42 bits per heavy atom. The number of hydrogen-bond donors (Lipinski definition) is 2. The Bertz CT molecular complexity index is 303. The maximum Gasteiger partial charge on any atom is 0.250 e. The van der Waals surface area contributed by atoms with Crippen molar-refractivity contribution in [3.8, 4) is 0 Å². The van der Waals surface area contributed by atoms with Crippen LogP contribution < -0.4 is 5.73 Å². The number of rotatable bonds is 2. The second kappa shape index (κ2) is 3.27. The minimum absolute atomic E-state index is 0.106. The molecule has 1 amide bonds. The Hall–Kier alpha value is -1.49. The van der Waals surface area contributed by atoms with E-state index >= 15 is 0 Å². The number of carbonyl (C=O) groups excluding carboxylic acids is 1. The summed E-state index contributed by atoms with van der Waals surface area (Å²) in [4.78, 5) is 13.7. The van der Waals surface area contributed by atoms with Gasteiger partial charge in [0.15, 0.2) is 6.10 Å². The molecular formula is C7H7FN2O2. The summed E-state index contributed by atoms with van der Waals surface area (Å²) in [7, 11) is 0. The van der Waals surface area contributed by atoms with E-state index in [4.69, 9.17) is 10.8 Å². The molecule has 0 spiro atoms. The van der Waals surface area contributed by atoms with Gasteiger partial charge in [0.05, 0.1) is 0 Å². The van der Waals surface area contributed by atoms with Gasteiger partial charge in [0.2, 0.25) is 5.95 Å². The number of nitrogens with two attached hydrogens (primary N) is 1. The van der Waals surface area contributed by atoms with E-state index in [1.165, 1.54) is 6.07 Å². The Morgan fingerprint density at radius 3 is 2.92 bits per heavy atom. The summed E-state index contributed by atoms with van der Waals surface area (Å²) in [6.07, 6.45) is -0.320. The van der Waals surface area contributed by atoms with Gasteiger partial charge in [-0.2, -0.15) is 4.39 Å². The molecule has 1 aromatic heterocycles. The average molecular weight is 170 g/mol. The van der Waals surface area contributed by atoms with Crippen molar-refractivity contribution in [1.29, 1.82) is 0 Å². The van der Waals surface area contributed by atoms with Crippen LogP contribution in [0.25, 0.3) is 0 Å². The zero-order valence-electron chi connectivity index (χ0n) is 6.07. The number of primary amides is 1. The second-order valence-electron chi connectivity index (χ2n) is 2.22. The van der Waals surface area contributed by atoms with Crippen molar-refractivity contribution in [2.45, 2.75) is 6.10 Å². The molecule has 1 heterocycles. The predicted octanol–water partition coefficient (Wildman–Crippen LogP) is -0.261. The maximum atomic E-state index is 12.4. The Kier molecular flexibility index (Phi) is 2.35. The van der Waals surface area contributed by atoms with Crippen LogP contribution in [0.5, 0.6) is 0 Å². The number of hydrogen-bond acceptors (Lipinski definition) is 3. The summed E-state index contributed by atoms with van der Waals surface area (Å²) in [5.41, 5.74) is 4.89. The summed E-state index contributed by atoms with van der Waals surface area (Å²) in [5.74, 6) is -1.67. The van der Waals surface area contributed by atoms with Crippen LogP contribution >= 0.6 is 0 Å². The number of nitrogens with zero attached hydrogens (tertiary/aromatic N) is 1. The smallest absolute Gasteiger partial charge is 0.250 e. The van der Waals surface area contributed by atoms with Crippen molar-refractivity contribution >= 4 is 5.91 Å². The number of pyridine rings is 1. The largest absolute Gasteiger partial charge is 0.378 e. The van der Waals surface area contributed by atoms with Crippen molar-refractivity contribution in [1.82, 2.24) is 4.98 Å². The molecule has 4 nitrogen and oxygen atoms in total. The van der Waals surface area contributed by atoms with Crippen LogP contribution in [0, 0.1) is 5.95 Å². The van der Waals surface area contributed by atoms with Gasteiger partial charge in [0, 0.05) is 6.20 Å². The molecule has 1 unspecified atom stereocenters. The van der Waals surface area contributed by atoms with Crippen molar-refractivity contribution in [2.75, 3.05) is 0 Å². The highest BCUT2D eigenvalue weighted by atomic mass is 19.1. The summed E-state index contributed by atoms with van der Waals surface area (Å²) in [6, 6.07) is 2.27. The van der Waals surface area contributed by atoms with E-state index < -0.39 is 18.0 Å². The van der Waals surface area contributed by atoms with Crippen LogP contribution in [-0.4, -0.2) is 16.0 Å². The number of halogens is 1. The van der Waals surface area contributed by atoms with Gasteiger partial charge >= 0.3 is 0 Å². The third-order valence-electron chi connectivity index (χ3n) is 1.34. The van der Waals surface area contributed by atoms with Gasteiger partial charge in [-0.1, -0.05) is 0 Å². The number of aliphatic hydroxyl groups excluding tert-OH is 1. The van der Waals surface area contributed by atoms with Gasteiger partial charge < -0.3 is 10.8 Å². The lowest BCUT2D eigenvalue weighted by atomic mass is 10.1. The van der Waals surface area contributed by atoms with Gasteiger partial charge in [-0.25, -0.2) is 4.98 Å². The first kappa shape index (κ1) is 8.61. The monoisotopic (exact) mass is 170 g/mol. The third-order valence-corrected chi connectivity index (χ3v) is 1.34. The van der Waals surface area contributed by atoms with E-state index in [2.05, 4.69) is 4.98 Å². The molecule has 1 aromatic rings. The highest BCUT2D eigenvalue weighted by Gasteiger charge is 2.13. The van der Waals surface area contributed by atoms with Crippen LogP contribution in [0.4, 0.5) is 4.39 Å². The summed E-state index contributed by atoms with van der Waals surface area (Å²) in [6.45, 7) is 0. The fourth-order valence-electron chi connectivity index (χ4n) is 0.752. The second-order valence-corrected chi connectivity index (χ2v) is 2.22. The minimum atomic E-state index is -1.47. The molecule has 5 heteroatoms. The third kappa shape index (κ3) is 1.76. The van der Waals surface area contributed by atoms with Gasteiger partial charge in [-0.05, 0) is 17.7 Å². The molecule has 12 heavy (non-hydrogen) atoms. The number of carbonyl (C=O) groups is 1. The fraction of sp³-hybridized carbons (Fsp3) is 0.143. The van der Waals surface area contributed by atoms with E-state index in [1.807, 2.05) is 0 Å². The van der Waals surface area contributed by atoms with Gasteiger partial charge in [0.1, 0.15) is 0 Å². The van der Waals surface area contributed by atoms with E-state index in [-0.39, 0.29) is 5.56 Å². The van der Waals surface area contributed by atoms with E-state index in [0.29, 0.717) is 0 Å². The molecule has 0 aliphatic carbocycles. The summed E-state index contributed by atoms with van der Waals surface area (Å²) < 4.78 is 12.4. The molecule has 0 fully saturated rings. The zero-order valence-corrected chi connectivity index (χ0v) is 6.07. The molecule has 3 N–H and O–H groups in total. The Balaban J connectivity index is 2.95. The van der Waals surface area contributed by atoms with Crippen molar-refractivity contribution < 1.29 is 14.3 Å². The van der Waals surface area contributed by atoms with Crippen LogP contribution in [-0.2, 0) is 4.79 Å². The lowest BCUT2D eigenvalue weighted by Gasteiger charge is -2.04. The number of amides is 1. The molecule has 1 rings (SSSR count). The first-order valence-corrected chi connectivity index (χ1v) is 3.20. The first-order chi connectivity index (χ1) is 5.61. The van der Waals surface area contributed by atoms with E-state index in [0.717, 1.165) is 12.3 Å². The lowest BCUT2D eigenvalue weighted by molar-refractivity contribution is -0.126. The normalized spacial score (nSPS) is 12.5. The lowest BCUT2D eigenvalue weighted by Crippen LogP contribution is -2.20. The van der Waals surface area contributed by atoms with Crippen LogP contribution in [0.15, 0.2) is 18.3 Å². The topological polar surface area (TPSA) is 76.2 Å².